The van der Waals surface area contributed by atoms with Gasteiger partial charge in [0.25, 0.3) is 0 Å². The summed E-state index contributed by atoms with van der Waals surface area (Å²) in [6.45, 7) is 3.69. The van der Waals surface area contributed by atoms with Gasteiger partial charge in [0, 0.05) is 12.8 Å². The van der Waals surface area contributed by atoms with Crippen molar-refractivity contribution in [3.8, 4) is 11.5 Å². The highest BCUT2D eigenvalue weighted by Crippen LogP contribution is 2.41. The Bertz CT molecular complexity index is 1010. The van der Waals surface area contributed by atoms with Crippen molar-refractivity contribution in [2.24, 2.45) is 5.92 Å². The van der Waals surface area contributed by atoms with Crippen LogP contribution in [0.25, 0.3) is 0 Å². The molecule has 0 aliphatic heterocycles. The van der Waals surface area contributed by atoms with Gasteiger partial charge in [-0.25, -0.2) is 0 Å². The number of nitrogens with one attached hydrogen (secondary N) is 3. The third kappa shape index (κ3) is 8.14. The smallest absolute Gasteiger partial charge is 0.347 e. The molecule has 11 heteroatoms. The average Bonchev–Trinajstić information content (AvgIpc) is 2.75. The van der Waals surface area contributed by atoms with E-state index in [4.69, 9.17) is 0 Å². The zero-order valence-corrected chi connectivity index (χ0v) is 20.2. The lowest BCUT2D eigenvalue weighted by atomic mass is 10.0. The van der Waals surface area contributed by atoms with Crippen LogP contribution >= 0.6 is 7.60 Å². The van der Waals surface area contributed by atoms with Gasteiger partial charge in [-0.15, -0.1) is 0 Å². The molecular formula is C23H32N3O7P. The largest absolute Gasteiger partial charge is 0.508 e. The number of amides is 2. The number of benzene rings is 2. The number of phenolic OH excluding ortho intramolecular Hbond substituents is 2. The minimum atomic E-state index is -4.76. The highest BCUT2D eigenvalue weighted by Gasteiger charge is 2.34. The number of phenols is 2. The summed E-state index contributed by atoms with van der Waals surface area (Å²) in [4.78, 5) is 45.7. The molecule has 3 atom stereocenters. The van der Waals surface area contributed by atoms with Gasteiger partial charge in [0.15, 0.2) is 0 Å². The van der Waals surface area contributed by atoms with E-state index in [1.807, 2.05) is 13.8 Å². The molecule has 0 radical (unpaired) electrons. The van der Waals surface area contributed by atoms with Crippen molar-refractivity contribution in [3.05, 3.63) is 59.7 Å². The number of aromatic hydroxyl groups is 2. The molecule has 0 aromatic heterocycles. The molecule has 3 unspecified atom stereocenters. The van der Waals surface area contributed by atoms with Crippen LogP contribution in [-0.4, -0.2) is 56.7 Å². The topological polar surface area (TPSA) is 168 Å². The van der Waals surface area contributed by atoms with E-state index in [-0.39, 0.29) is 30.3 Å². The lowest BCUT2D eigenvalue weighted by Gasteiger charge is -2.27. The van der Waals surface area contributed by atoms with Crippen LogP contribution in [0.5, 0.6) is 11.5 Å². The third-order valence-corrected chi connectivity index (χ3v) is 6.47. The van der Waals surface area contributed by atoms with Gasteiger partial charge in [-0.1, -0.05) is 38.1 Å². The molecule has 0 spiro atoms. The summed E-state index contributed by atoms with van der Waals surface area (Å²) in [5.41, 5.74) is 1.13. The molecule has 0 aliphatic carbocycles. The van der Waals surface area contributed by atoms with Gasteiger partial charge in [-0.05, 0) is 48.4 Å². The van der Waals surface area contributed by atoms with Gasteiger partial charge in [0.2, 0.25) is 11.8 Å². The minimum absolute atomic E-state index is 0.00132. The van der Waals surface area contributed by atoms with Gasteiger partial charge in [0.05, 0.1) is 6.04 Å². The van der Waals surface area contributed by atoms with E-state index in [0.29, 0.717) is 11.1 Å². The Morgan fingerprint density at radius 3 is 1.71 bits per heavy atom. The fourth-order valence-electron chi connectivity index (χ4n) is 3.48. The standard InChI is InChI=1S/C23H32N3O7P/c1-14(2)21(24-3)23(30)25-19(12-15-4-8-17(27)9-5-15)22(29)26-20(34(31,32)33)13-16-6-10-18(28)11-7-16/h4-11,14,19-21,24,27-28H,12-13H2,1-3H3,(H,25,30)(H,26,29)(H2,31,32,33). The molecule has 2 rings (SSSR count). The molecule has 0 saturated heterocycles. The van der Waals surface area contributed by atoms with Crippen LogP contribution in [0.2, 0.25) is 0 Å². The van der Waals surface area contributed by atoms with Crippen LogP contribution in [0.1, 0.15) is 25.0 Å². The number of hydrogen-bond acceptors (Lipinski definition) is 6. The summed E-state index contributed by atoms with van der Waals surface area (Å²) in [5.74, 6) is -2.75. The van der Waals surface area contributed by atoms with Crippen molar-refractivity contribution >= 4 is 19.4 Å². The Balaban J connectivity index is 2.27. The number of hydrogen-bond donors (Lipinski definition) is 7. The summed E-state index contributed by atoms with van der Waals surface area (Å²) in [6.07, 6.45) is -0.138. The zero-order chi connectivity index (χ0) is 25.5. The molecule has 0 heterocycles. The molecule has 7 N–H and O–H groups in total. The van der Waals surface area contributed by atoms with Crippen molar-refractivity contribution in [2.45, 2.75) is 44.6 Å². The van der Waals surface area contributed by atoms with Gasteiger partial charge in [-0.3, -0.25) is 14.2 Å². The van der Waals surface area contributed by atoms with Gasteiger partial charge in [0.1, 0.15) is 23.3 Å². The lowest BCUT2D eigenvalue weighted by Crippen LogP contribution is -2.55. The maximum Gasteiger partial charge on any atom is 0.347 e. The highest BCUT2D eigenvalue weighted by atomic mass is 31.2. The number of carbonyl (C=O) groups excluding carboxylic acids is 2. The monoisotopic (exact) mass is 493 g/mol. The van der Waals surface area contributed by atoms with Crippen LogP contribution in [0.15, 0.2) is 48.5 Å². The van der Waals surface area contributed by atoms with E-state index >= 15 is 0 Å². The molecule has 34 heavy (non-hydrogen) atoms. The molecular weight excluding hydrogens is 461 g/mol. The van der Waals surface area contributed by atoms with E-state index in [0.717, 1.165) is 0 Å². The van der Waals surface area contributed by atoms with E-state index in [2.05, 4.69) is 16.0 Å². The van der Waals surface area contributed by atoms with E-state index in [1.165, 1.54) is 36.4 Å². The van der Waals surface area contributed by atoms with Crippen LogP contribution in [0.4, 0.5) is 0 Å². The second-order valence-corrected chi connectivity index (χ2v) is 10.2. The molecule has 0 bridgehead atoms. The minimum Gasteiger partial charge on any atom is -0.508 e. The predicted octanol–water partition coefficient (Wildman–Crippen LogP) is 1.23. The summed E-state index contributed by atoms with van der Waals surface area (Å²) < 4.78 is 12.1. The zero-order valence-electron chi connectivity index (χ0n) is 19.3. The van der Waals surface area contributed by atoms with Crippen molar-refractivity contribution in [2.75, 3.05) is 7.05 Å². The Kier molecular flexibility index (Phi) is 9.64. The Morgan fingerprint density at radius 2 is 1.29 bits per heavy atom. The molecule has 0 aliphatic rings. The second-order valence-electron chi connectivity index (χ2n) is 8.43. The Morgan fingerprint density at radius 1 is 0.824 bits per heavy atom. The number of carbonyl (C=O) groups is 2. The van der Waals surface area contributed by atoms with E-state index < -0.39 is 37.3 Å². The molecule has 2 aromatic carbocycles. The van der Waals surface area contributed by atoms with Crippen molar-refractivity contribution in [1.29, 1.82) is 0 Å². The molecule has 10 nitrogen and oxygen atoms in total. The van der Waals surface area contributed by atoms with Crippen LogP contribution < -0.4 is 16.0 Å². The van der Waals surface area contributed by atoms with Gasteiger partial charge < -0.3 is 36.0 Å². The van der Waals surface area contributed by atoms with Crippen LogP contribution in [-0.2, 0) is 27.0 Å². The predicted molar refractivity (Wildman–Crippen MR) is 127 cm³/mol. The molecule has 186 valence electrons. The third-order valence-electron chi connectivity index (χ3n) is 5.35. The van der Waals surface area contributed by atoms with Crippen molar-refractivity contribution in [3.63, 3.8) is 0 Å². The van der Waals surface area contributed by atoms with Crippen LogP contribution in [0, 0.1) is 5.92 Å². The number of rotatable bonds is 11. The van der Waals surface area contributed by atoms with Crippen LogP contribution in [0.3, 0.4) is 0 Å². The molecule has 0 saturated carbocycles. The summed E-state index contributed by atoms with van der Waals surface area (Å²) in [7, 11) is -3.14. The normalized spacial score (nSPS) is 14.3. The van der Waals surface area contributed by atoms with Crippen molar-refractivity contribution in [1.82, 2.24) is 16.0 Å². The first-order chi connectivity index (χ1) is 15.9. The van der Waals surface area contributed by atoms with Gasteiger partial charge in [-0.2, -0.15) is 0 Å². The molecule has 2 amide bonds. The average molecular weight is 493 g/mol. The van der Waals surface area contributed by atoms with Gasteiger partial charge >= 0.3 is 7.60 Å². The Hall–Kier alpha value is -2.91. The number of likely N-dealkylation sites (N-methyl/N-ethyl adjacent to an activating group) is 1. The summed E-state index contributed by atoms with van der Waals surface area (Å²) in [6, 6.07) is 10.1. The Labute approximate surface area is 198 Å². The molecule has 2 aromatic rings. The second kappa shape index (κ2) is 12.0. The first-order valence-corrected chi connectivity index (χ1v) is 12.5. The fourth-order valence-corrected chi connectivity index (χ4v) is 4.22. The maximum absolute atomic E-state index is 13.2. The lowest BCUT2D eigenvalue weighted by molar-refractivity contribution is -0.130. The highest BCUT2D eigenvalue weighted by molar-refractivity contribution is 7.52. The molecule has 0 fully saturated rings. The summed E-state index contributed by atoms with van der Waals surface area (Å²) >= 11 is 0. The quantitative estimate of drug-likeness (QED) is 0.229. The van der Waals surface area contributed by atoms with E-state index in [1.54, 1.807) is 19.2 Å². The SMILES string of the molecule is CNC(C(=O)NC(Cc1ccc(O)cc1)C(=O)NC(Cc1ccc(O)cc1)P(=O)(O)O)C(C)C. The first kappa shape index (κ1) is 27.3. The first-order valence-electron chi connectivity index (χ1n) is 10.8. The summed E-state index contributed by atoms with van der Waals surface area (Å²) in [5, 5.41) is 26.9. The van der Waals surface area contributed by atoms with E-state index in [9.17, 15) is 34.2 Å². The fraction of sp³-hybridized carbons (Fsp3) is 0.391. The maximum atomic E-state index is 13.2. The van der Waals surface area contributed by atoms with Crippen molar-refractivity contribution < 1.29 is 34.2 Å².